The van der Waals surface area contributed by atoms with Gasteiger partial charge in [-0.25, -0.2) is 4.98 Å². The van der Waals surface area contributed by atoms with E-state index in [1.165, 1.54) is 0 Å². The molecule has 21 heavy (non-hydrogen) atoms. The lowest BCUT2D eigenvalue weighted by atomic mass is 10.2. The minimum atomic E-state index is -0.259. The fraction of sp³-hybridized carbons (Fsp3) is 0.125. The molecule has 0 aliphatic rings. The second-order valence-electron chi connectivity index (χ2n) is 4.60. The van der Waals surface area contributed by atoms with Gasteiger partial charge in [-0.05, 0) is 31.2 Å². The van der Waals surface area contributed by atoms with Crippen LogP contribution >= 0.6 is 11.6 Å². The summed E-state index contributed by atoms with van der Waals surface area (Å²) in [5, 5.41) is 3.26. The largest absolute Gasteiger partial charge is 0.310 e. The van der Waals surface area contributed by atoms with Crippen LogP contribution in [0.1, 0.15) is 17.3 Å². The molecule has 1 N–H and O–H groups in total. The fourth-order valence-corrected chi connectivity index (χ4v) is 2.53. The Morgan fingerprint density at radius 1 is 1.19 bits per heavy atom. The van der Waals surface area contributed by atoms with Crippen LogP contribution in [0.3, 0.4) is 0 Å². The SMILES string of the molecule is CCn1c(NC(=O)c2ccccc2Cl)nc2ccccc21. The number of anilines is 1. The predicted molar refractivity (Wildman–Crippen MR) is 84.8 cm³/mol. The molecule has 1 aromatic heterocycles. The Balaban J connectivity index is 1.98. The molecule has 0 saturated heterocycles. The maximum atomic E-state index is 12.3. The highest BCUT2D eigenvalue weighted by molar-refractivity contribution is 6.34. The van der Waals surface area contributed by atoms with Crippen LogP contribution < -0.4 is 5.32 Å². The molecule has 0 unspecified atom stereocenters. The van der Waals surface area contributed by atoms with Gasteiger partial charge >= 0.3 is 0 Å². The number of nitrogens with zero attached hydrogens (tertiary/aromatic N) is 2. The van der Waals surface area contributed by atoms with E-state index in [1.54, 1.807) is 24.3 Å². The van der Waals surface area contributed by atoms with Gasteiger partial charge in [0.25, 0.3) is 5.91 Å². The average molecular weight is 300 g/mol. The summed E-state index contributed by atoms with van der Waals surface area (Å²) in [5.41, 5.74) is 2.29. The zero-order valence-electron chi connectivity index (χ0n) is 11.5. The number of aromatic nitrogens is 2. The lowest BCUT2D eigenvalue weighted by Crippen LogP contribution is -2.16. The van der Waals surface area contributed by atoms with Crippen LogP contribution in [0.4, 0.5) is 5.95 Å². The summed E-state index contributed by atoms with van der Waals surface area (Å²) >= 11 is 6.05. The Kier molecular flexibility index (Phi) is 3.62. The molecule has 3 aromatic rings. The number of benzene rings is 2. The second kappa shape index (κ2) is 5.58. The first kappa shape index (κ1) is 13.6. The van der Waals surface area contributed by atoms with Crippen molar-refractivity contribution in [3.63, 3.8) is 0 Å². The van der Waals surface area contributed by atoms with E-state index >= 15 is 0 Å². The first-order chi connectivity index (χ1) is 10.2. The van der Waals surface area contributed by atoms with E-state index in [9.17, 15) is 4.79 Å². The average Bonchev–Trinajstić information content (AvgIpc) is 2.84. The summed E-state index contributed by atoms with van der Waals surface area (Å²) in [7, 11) is 0. The Morgan fingerprint density at radius 3 is 2.67 bits per heavy atom. The van der Waals surface area contributed by atoms with Gasteiger partial charge in [-0.15, -0.1) is 0 Å². The van der Waals surface area contributed by atoms with Gasteiger partial charge < -0.3 is 4.57 Å². The molecule has 5 heteroatoms. The molecule has 0 aliphatic carbocycles. The number of aryl methyl sites for hydroxylation is 1. The smallest absolute Gasteiger partial charge is 0.259 e. The first-order valence-corrected chi connectivity index (χ1v) is 7.09. The molecule has 1 heterocycles. The van der Waals surface area contributed by atoms with Crippen LogP contribution in [0.2, 0.25) is 5.02 Å². The highest BCUT2D eigenvalue weighted by Gasteiger charge is 2.14. The number of carbonyl (C=O) groups is 1. The summed E-state index contributed by atoms with van der Waals surface area (Å²) in [6, 6.07) is 14.7. The highest BCUT2D eigenvalue weighted by Crippen LogP contribution is 2.21. The quantitative estimate of drug-likeness (QED) is 0.795. The Labute approximate surface area is 127 Å². The number of nitrogens with one attached hydrogen (secondary N) is 1. The first-order valence-electron chi connectivity index (χ1n) is 6.72. The lowest BCUT2D eigenvalue weighted by molar-refractivity contribution is 0.102. The number of hydrogen-bond acceptors (Lipinski definition) is 2. The fourth-order valence-electron chi connectivity index (χ4n) is 2.31. The van der Waals surface area contributed by atoms with E-state index in [4.69, 9.17) is 11.6 Å². The van der Waals surface area contributed by atoms with Gasteiger partial charge in [0.1, 0.15) is 0 Å². The number of amides is 1. The lowest BCUT2D eigenvalue weighted by Gasteiger charge is -2.08. The van der Waals surface area contributed by atoms with Crippen LogP contribution in [0.25, 0.3) is 11.0 Å². The third kappa shape index (κ3) is 2.50. The van der Waals surface area contributed by atoms with Crippen LogP contribution in [0.15, 0.2) is 48.5 Å². The molecule has 0 aliphatic heterocycles. The standard InChI is InChI=1S/C16H14ClN3O/c1-2-20-14-10-6-5-9-13(14)18-16(20)19-15(21)11-7-3-4-8-12(11)17/h3-10H,2H2,1H3,(H,18,19,21). The van der Waals surface area contributed by atoms with Gasteiger partial charge in [0, 0.05) is 6.54 Å². The van der Waals surface area contributed by atoms with E-state index in [-0.39, 0.29) is 5.91 Å². The van der Waals surface area contributed by atoms with Gasteiger partial charge in [0.05, 0.1) is 21.6 Å². The number of halogens is 1. The van der Waals surface area contributed by atoms with E-state index < -0.39 is 0 Å². The van der Waals surface area contributed by atoms with Crippen molar-refractivity contribution in [3.05, 3.63) is 59.1 Å². The molecule has 0 atom stereocenters. The summed E-state index contributed by atoms with van der Waals surface area (Å²) < 4.78 is 1.96. The zero-order chi connectivity index (χ0) is 14.8. The summed E-state index contributed by atoms with van der Waals surface area (Å²) in [4.78, 5) is 16.8. The van der Waals surface area contributed by atoms with Gasteiger partial charge in [-0.1, -0.05) is 35.9 Å². The molecule has 2 aromatic carbocycles. The molecule has 0 bridgehead atoms. The Morgan fingerprint density at radius 2 is 1.90 bits per heavy atom. The monoisotopic (exact) mass is 299 g/mol. The normalized spacial score (nSPS) is 10.8. The third-order valence-corrected chi connectivity index (χ3v) is 3.64. The molecule has 0 spiro atoms. The molecular weight excluding hydrogens is 286 g/mol. The van der Waals surface area contributed by atoms with E-state index in [2.05, 4.69) is 10.3 Å². The second-order valence-corrected chi connectivity index (χ2v) is 5.01. The van der Waals surface area contributed by atoms with Crippen LogP contribution in [0, 0.1) is 0 Å². The van der Waals surface area contributed by atoms with Gasteiger partial charge in [-0.2, -0.15) is 0 Å². The number of imidazole rings is 1. The van der Waals surface area contributed by atoms with Crippen molar-refractivity contribution in [2.45, 2.75) is 13.5 Å². The molecule has 4 nitrogen and oxygen atoms in total. The molecule has 0 saturated carbocycles. The highest BCUT2D eigenvalue weighted by atomic mass is 35.5. The van der Waals surface area contributed by atoms with Crippen molar-refractivity contribution in [1.82, 2.24) is 9.55 Å². The van der Waals surface area contributed by atoms with Crippen LogP contribution in [-0.4, -0.2) is 15.5 Å². The number of fused-ring (bicyclic) bond motifs is 1. The minimum absolute atomic E-state index is 0.259. The Bertz CT molecular complexity index is 810. The summed E-state index contributed by atoms with van der Waals surface area (Å²) in [6.45, 7) is 2.73. The van der Waals surface area contributed by atoms with Gasteiger partial charge in [-0.3, -0.25) is 10.1 Å². The summed E-state index contributed by atoms with van der Waals surface area (Å²) in [6.07, 6.45) is 0. The number of rotatable bonds is 3. The zero-order valence-corrected chi connectivity index (χ0v) is 12.3. The minimum Gasteiger partial charge on any atom is -0.310 e. The molecule has 3 rings (SSSR count). The predicted octanol–water partition coefficient (Wildman–Crippen LogP) is 3.96. The van der Waals surface area contributed by atoms with Crippen LogP contribution in [0.5, 0.6) is 0 Å². The third-order valence-electron chi connectivity index (χ3n) is 3.31. The number of para-hydroxylation sites is 2. The maximum absolute atomic E-state index is 12.3. The van der Waals surface area contributed by atoms with E-state index in [1.807, 2.05) is 35.8 Å². The van der Waals surface area contributed by atoms with E-state index in [0.717, 1.165) is 17.6 Å². The molecule has 106 valence electrons. The topological polar surface area (TPSA) is 46.9 Å². The molecule has 1 amide bonds. The van der Waals surface area contributed by atoms with E-state index in [0.29, 0.717) is 16.5 Å². The van der Waals surface area contributed by atoms with Gasteiger partial charge in [0.15, 0.2) is 0 Å². The summed E-state index contributed by atoms with van der Waals surface area (Å²) in [5.74, 6) is 0.272. The van der Waals surface area contributed by atoms with Crippen molar-refractivity contribution in [2.24, 2.45) is 0 Å². The Hall–Kier alpha value is -2.33. The molecule has 0 radical (unpaired) electrons. The molecule has 0 fully saturated rings. The maximum Gasteiger partial charge on any atom is 0.259 e. The number of carbonyl (C=O) groups excluding carboxylic acids is 1. The van der Waals surface area contributed by atoms with Crippen molar-refractivity contribution >= 4 is 34.5 Å². The number of hydrogen-bond donors (Lipinski definition) is 1. The molecular formula is C16H14ClN3O. The van der Waals surface area contributed by atoms with Crippen molar-refractivity contribution in [2.75, 3.05) is 5.32 Å². The van der Waals surface area contributed by atoms with Crippen molar-refractivity contribution in [1.29, 1.82) is 0 Å². The van der Waals surface area contributed by atoms with Gasteiger partial charge in [0.2, 0.25) is 5.95 Å². The van der Waals surface area contributed by atoms with Crippen LogP contribution in [-0.2, 0) is 6.54 Å². The van der Waals surface area contributed by atoms with Crippen molar-refractivity contribution in [3.8, 4) is 0 Å². The van der Waals surface area contributed by atoms with Crippen molar-refractivity contribution < 1.29 is 4.79 Å².